The van der Waals surface area contributed by atoms with Crippen LogP contribution in [0.1, 0.15) is 69.2 Å². The lowest BCUT2D eigenvalue weighted by Gasteiger charge is -2.33. The molecule has 1 nitrogen and oxygen atoms in total. The van der Waals surface area contributed by atoms with E-state index in [0.29, 0.717) is 6.04 Å². The quantitative estimate of drug-likeness (QED) is 0.758. The molecule has 1 heterocycles. The Kier molecular flexibility index (Phi) is 4.60. The van der Waals surface area contributed by atoms with Crippen molar-refractivity contribution in [1.82, 2.24) is 5.32 Å². The standard InChI is InChI=1S/C17H27NS/c1-2-15(13-7-4-3-5-8-13)18-17(14-10-11-14)16-9-6-12-19-16/h6,9,12-15,17-18H,2-5,7-8,10-11H2,1H3. The van der Waals surface area contributed by atoms with Crippen LogP contribution >= 0.6 is 11.3 Å². The normalized spacial score (nSPS) is 24.3. The molecule has 1 N–H and O–H groups in total. The maximum absolute atomic E-state index is 4.05. The van der Waals surface area contributed by atoms with E-state index >= 15 is 0 Å². The molecule has 1 aromatic rings. The summed E-state index contributed by atoms with van der Waals surface area (Å²) in [6.45, 7) is 2.37. The first kappa shape index (κ1) is 13.6. The smallest absolute Gasteiger partial charge is 0.0445 e. The monoisotopic (exact) mass is 277 g/mol. The predicted molar refractivity (Wildman–Crippen MR) is 83.6 cm³/mol. The minimum atomic E-state index is 0.645. The topological polar surface area (TPSA) is 12.0 Å². The van der Waals surface area contributed by atoms with E-state index in [1.165, 1.54) is 51.4 Å². The zero-order valence-corrected chi connectivity index (χ0v) is 12.9. The second kappa shape index (κ2) is 6.41. The minimum absolute atomic E-state index is 0.645. The van der Waals surface area contributed by atoms with Gasteiger partial charge in [0.2, 0.25) is 0 Å². The van der Waals surface area contributed by atoms with Gasteiger partial charge >= 0.3 is 0 Å². The first-order chi connectivity index (χ1) is 9.38. The van der Waals surface area contributed by atoms with Crippen LogP contribution in [0.2, 0.25) is 0 Å². The molecule has 2 unspecified atom stereocenters. The molecule has 0 aromatic carbocycles. The Hall–Kier alpha value is -0.340. The fourth-order valence-corrected chi connectivity index (χ4v) is 4.58. The Labute approximate surface area is 121 Å². The van der Waals surface area contributed by atoms with Gasteiger partial charge in [0.25, 0.3) is 0 Å². The fourth-order valence-electron chi connectivity index (χ4n) is 3.70. The summed E-state index contributed by atoms with van der Waals surface area (Å²) in [5.74, 6) is 1.84. The average Bonchev–Trinajstić information content (AvgIpc) is 3.15. The number of rotatable bonds is 6. The van der Waals surface area contributed by atoms with Crippen molar-refractivity contribution < 1.29 is 0 Å². The van der Waals surface area contributed by atoms with E-state index in [4.69, 9.17) is 0 Å². The van der Waals surface area contributed by atoms with Crippen LogP contribution in [0.4, 0.5) is 0 Å². The van der Waals surface area contributed by atoms with Crippen LogP contribution in [0.25, 0.3) is 0 Å². The molecule has 0 spiro atoms. The second-order valence-corrected chi connectivity index (χ2v) is 7.39. The molecular weight excluding hydrogens is 250 g/mol. The molecule has 3 rings (SSSR count). The van der Waals surface area contributed by atoms with Crippen molar-refractivity contribution >= 4 is 11.3 Å². The van der Waals surface area contributed by atoms with Crippen molar-refractivity contribution in [2.75, 3.05) is 0 Å². The van der Waals surface area contributed by atoms with Crippen LogP contribution in [-0.2, 0) is 0 Å². The highest BCUT2D eigenvalue weighted by Gasteiger charge is 2.35. The molecule has 0 amide bonds. The van der Waals surface area contributed by atoms with E-state index in [-0.39, 0.29) is 0 Å². The SMILES string of the molecule is CCC(NC(c1cccs1)C1CC1)C1CCCCC1. The lowest BCUT2D eigenvalue weighted by molar-refractivity contribution is 0.239. The van der Waals surface area contributed by atoms with Gasteiger partial charge in [0.05, 0.1) is 0 Å². The predicted octanol–water partition coefficient (Wildman–Crippen LogP) is 5.15. The third-order valence-electron chi connectivity index (χ3n) is 5.00. The summed E-state index contributed by atoms with van der Waals surface area (Å²) in [4.78, 5) is 1.57. The van der Waals surface area contributed by atoms with Crippen molar-refractivity contribution in [1.29, 1.82) is 0 Å². The Bertz CT molecular complexity index is 363. The summed E-state index contributed by atoms with van der Waals surface area (Å²) in [7, 11) is 0. The van der Waals surface area contributed by atoms with Crippen LogP contribution in [-0.4, -0.2) is 6.04 Å². The molecule has 0 saturated heterocycles. The molecule has 2 atom stereocenters. The minimum Gasteiger partial charge on any atom is -0.306 e. The van der Waals surface area contributed by atoms with Crippen LogP contribution in [0.15, 0.2) is 17.5 Å². The summed E-state index contributed by atoms with van der Waals surface area (Å²) >= 11 is 1.94. The molecule has 2 heteroatoms. The maximum Gasteiger partial charge on any atom is 0.0445 e. The molecule has 19 heavy (non-hydrogen) atoms. The summed E-state index contributed by atoms with van der Waals surface area (Å²) in [6, 6.07) is 5.92. The van der Waals surface area contributed by atoms with E-state index in [0.717, 1.165) is 17.9 Å². The van der Waals surface area contributed by atoms with E-state index in [1.54, 1.807) is 4.88 Å². The van der Waals surface area contributed by atoms with Crippen LogP contribution in [0.3, 0.4) is 0 Å². The average molecular weight is 277 g/mol. The van der Waals surface area contributed by atoms with Gasteiger partial charge < -0.3 is 5.32 Å². The molecule has 0 aliphatic heterocycles. The van der Waals surface area contributed by atoms with E-state index in [1.807, 2.05) is 11.3 Å². The van der Waals surface area contributed by atoms with E-state index in [2.05, 4.69) is 29.8 Å². The lowest BCUT2D eigenvalue weighted by Crippen LogP contribution is -2.39. The van der Waals surface area contributed by atoms with Crippen LogP contribution < -0.4 is 5.32 Å². The molecule has 2 saturated carbocycles. The van der Waals surface area contributed by atoms with Crippen molar-refractivity contribution in [3.05, 3.63) is 22.4 Å². The van der Waals surface area contributed by atoms with Gasteiger partial charge in [0, 0.05) is 17.0 Å². The zero-order chi connectivity index (χ0) is 13.1. The van der Waals surface area contributed by atoms with Crippen LogP contribution in [0.5, 0.6) is 0 Å². The molecule has 2 fully saturated rings. The number of nitrogens with one attached hydrogen (secondary N) is 1. The first-order valence-corrected chi connectivity index (χ1v) is 9.06. The third kappa shape index (κ3) is 3.41. The van der Waals surface area contributed by atoms with Crippen molar-refractivity contribution in [3.63, 3.8) is 0 Å². The van der Waals surface area contributed by atoms with Crippen molar-refractivity contribution in [2.45, 2.75) is 70.4 Å². The molecule has 2 aliphatic carbocycles. The first-order valence-electron chi connectivity index (χ1n) is 8.18. The van der Waals surface area contributed by atoms with Gasteiger partial charge in [-0.3, -0.25) is 0 Å². The van der Waals surface area contributed by atoms with E-state index in [9.17, 15) is 0 Å². The van der Waals surface area contributed by atoms with Crippen LogP contribution in [0, 0.1) is 11.8 Å². The molecule has 0 bridgehead atoms. The highest BCUT2D eigenvalue weighted by atomic mass is 32.1. The molecule has 1 aromatic heterocycles. The largest absolute Gasteiger partial charge is 0.306 e. The van der Waals surface area contributed by atoms with Gasteiger partial charge in [0.15, 0.2) is 0 Å². The van der Waals surface area contributed by atoms with E-state index < -0.39 is 0 Å². The van der Waals surface area contributed by atoms with Gasteiger partial charge in [-0.25, -0.2) is 0 Å². The molecule has 0 radical (unpaired) electrons. The number of thiophene rings is 1. The van der Waals surface area contributed by atoms with Gasteiger partial charge in [0.1, 0.15) is 0 Å². The number of hydrogen-bond acceptors (Lipinski definition) is 2. The lowest BCUT2D eigenvalue weighted by atomic mass is 9.82. The summed E-state index contributed by atoms with van der Waals surface area (Å²) in [5.41, 5.74) is 0. The van der Waals surface area contributed by atoms with Crippen molar-refractivity contribution in [3.8, 4) is 0 Å². The molecule has 2 aliphatic rings. The summed E-state index contributed by atoms with van der Waals surface area (Å²) in [5, 5.41) is 6.28. The molecule has 106 valence electrons. The maximum atomic E-state index is 4.05. The Balaban J connectivity index is 1.65. The van der Waals surface area contributed by atoms with Crippen molar-refractivity contribution in [2.24, 2.45) is 11.8 Å². The van der Waals surface area contributed by atoms with Gasteiger partial charge in [-0.1, -0.05) is 32.3 Å². The Morgan fingerprint density at radius 3 is 2.53 bits per heavy atom. The fraction of sp³-hybridized carbons (Fsp3) is 0.765. The zero-order valence-electron chi connectivity index (χ0n) is 12.1. The Morgan fingerprint density at radius 2 is 1.95 bits per heavy atom. The Morgan fingerprint density at radius 1 is 1.16 bits per heavy atom. The van der Waals surface area contributed by atoms with Gasteiger partial charge in [-0.15, -0.1) is 11.3 Å². The molecular formula is C17H27NS. The highest BCUT2D eigenvalue weighted by molar-refractivity contribution is 7.10. The van der Waals surface area contributed by atoms with Gasteiger partial charge in [-0.05, 0) is 55.4 Å². The highest BCUT2D eigenvalue weighted by Crippen LogP contribution is 2.43. The second-order valence-electron chi connectivity index (χ2n) is 6.41. The van der Waals surface area contributed by atoms with Gasteiger partial charge in [-0.2, -0.15) is 0 Å². The number of hydrogen-bond donors (Lipinski definition) is 1. The third-order valence-corrected chi connectivity index (χ3v) is 5.95. The summed E-state index contributed by atoms with van der Waals surface area (Å²) in [6.07, 6.45) is 11.4. The summed E-state index contributed by atoms with van der Waals surface area (Å²) < 4.78 is 0.